The lowest BCUT2D eigenvalue weighted by atomic mass is 10.2. The van der Waals surface area contributed by atoms with Gasteiger partial charge in [0.1, 0.15) is 11.5 Å². The van der Waals surface area contributed by atoms with E-state index in [4.69, 9.17) is 21.1 Å². The van der Waals surface area contributed by atoms with Gasteiger partial charge in [-0.2, -0.15) is 0 Å². The molecule has 16 heteroatoms. The molecule has 0 spiro atoms. The van der Waals surface area contributed by atoms with Gasteiger partial charge in [-0.3, -0.25) is 9.59 Å². The molecule has 0 fully saturated rings. The Hall–Kier alpha value is -4.18. The molecular weight excluding hydrogens is 751 g/mol. The van der Waals surface area contributed by atoms with Crippen LogP contribution in [0.5, 0.6) is 11.5 Å². The largest absolute Gasteiger partial charge is 0.482 e. The van der Waals surface area contributed by atoms with Crippen LogP contribution in [0, 0.1) is 0 Å². The molecule has 0 radical (unpaired) electrons. The topological polar surface area (TPSA) is 143 Å². The number of ether oxygens (including phenoxy) is 2. The van der Waals surface area contributed by atoms with Crippen LogP contribution in [0.15, 0.2) is 117 Å². The number of carbonyl (C=O) groups is 2. The highest BCUT2D eigenvalue weighted by molar-refractivity contribution is 7.91. The fourth-order valence-corrected chi connectivity index (χ4v) is 7.69. The van der Waals surface area contributed by atoms with Gasteiger partial charge in [0.05, 0.1) is 31.0 Å². The van der Waals surface area contributed by atoms with Gasteiger partial charge in [0.2, 0.25) is 19.7 Å². The second-order valence-corrected chi connectivity index (χ2v) is 16.2. The molecule has 4 aromatic rings. The van der Waals surface area contributed by atoms with E-state index in [0.29, 0.717) is 36.0 Å². The fourth-order valence-electron chi connectivity index (χ4n) is 4.76. The normalized spacial score (nSPS) is 13.5. The lowest BCUT2D eigenvalue weighted by Crippen LogP contribution is -2.42. The number of hydrogen-bond donors (Lipinski definition) is 1. The number of rotatable bonds is 9. The lowest BCUT2D eigenvalue weighted by Gasteiger charge is -2.30. The van der Waals surface area contributed by atoms with Crippen molar-refractivity contribution in [1.82, 2.24) is 9.80 Å². The second-order valence-electron chi connectivity index (χ2n) is 11.9. The number of anilines is 2. The standard InChI is InChI=1S/C18H20N2O4S.C14H11NO4S.C4H10ClN.ClH/c1-19(2)10-11-20-16-9-8-15(12-17(16)24-13-18(20)21)25(22,23)14-6-4-3-5-7-14;16-14-9-19-13-8-11(6-7-12(13)15-14)20(17,18)10-4-2-1-3-5-10;1-6(2)4-3-5;/h3-9,12H,10-11,13H2,1-2H3;1-8H,9H2,(H,15,16);3-4H2,1-2H3;1H. The molecule has 0 atom stereocenters. The summed E-state index contributed by atoms with van der Waals surface area (Å²) in [6.45, 7) is 2.00. The number of alkyl halides is 1. The molecule has 0 unspecified atom stereocenters. The first-order valence-electron chi connectivity index (χ1n) is 15.8. The Bertz CT molecular complexity index is 2030. The molecule has 2 amide bonds. The van der Waals surface area contributed by atoms with Crippen LogP contribution in [-0.2, 0) is 29.3 Å². The molecule has 12 nitrogen and oxygen atoms in total. The van der Waals surface area contributed by atoms with E-state index >= 15 is 0 Å². The molecule has 2 aliphatic rings. The first kappa shape index (κ1) is 42.2. The molecule has 0 aromatic heterocycles. The van der Waals surface area contributed by atoms with Crippen LogP contribution < -0.4 is 19.7 Å². The van der Waals surface area contributed by atoms with Crippen molar-refractivity contribution in [3.63, 3.8) is 0 Å². The number of amides is 2. The van der Waals surface area contributed by atoms with E-state index < -0.39 is 19.7 Å². The van der Waals surface area contributed by atoms with E-state index in [0.717, 1.165) is 12.4 Å². The fraction of sp³-hybridized carbons (Fsp3) is 0.278. The molecule has 6 rings (SSSR count). The molecule has 1 N–H and O–H groups in total. The molecular formula is C36H42Cl2N4O8S2. The number of halogens is 2. The average Bonchev–Trinajstić information content (AvgIpc) is 3.12. The van der Waals surface area contributed by atoms with Crippen LogP contribution in [-0.4, -0.2) is 105 Å². The summed E-state index contributed by atoms with van der Waals surface area (Å²) in [6, 6.07) is 25.5. The Labute approximate surface area is 316 Å². The SMILES string of the molecule is CN(C)CCCl.CN(C)CCN1C(=O)COc2cc(S(=O)(=O)c3ccccc3)ccc21.Cl.O=C1COc2cc(S(=O)(=O)c3ccccc3)ccc2N1. The maximum Gasteiger partial charge on any atom is 0.265 e. The highest BCUT2D eigenvalue weighted by Gasteiger charge is 2.28. The number of carbonyl (C=O) groups excluding carboxylic acids is 2. The summed E-state index contributed by atoms with van der Waals surface area (Å²) in [5, 5.41) is 2.62. The van der Waals surface area contributed by atoms with Crippen molar-refractivity contribution in [2.24, 2.45) is 0 Å². The van der Waals surface area contributed by atoms with Gasteiger partial charge in [-0.1, -0.05) is 36.4 Å². The van der Waals surface area contributed by atoms with Crippen molar-refractivity contribution in [2.75, 3.05) is 77.1 Å². The Morgan fingerprint density at radius 3 is 1.67 bits per heavy atom. The lowest BCUT2D eigenvalue weighted by molar-refractivity contribution is -0.121. The van der Waals surface area contributed by atoms with Crippen LogP contribution in [0.4, 0.5) is 11.4 Å². The van der Waals surface area contributed by atoms with Gasteiger partial charge in [0.25, 0.3) is 11.8 Å². The number of likely N-dealkylation sites (N-methyl/N-ethyl adjacent to an activating group) is 1. The van der Waals surface area contributed by atoms with E-state index in [1.807, 2.05) is 38.0 Å². The maximum atomic E-state index is 12.7. The Morgan fingerprint density at radius 2 is 1.17 bits per heavy atom. The van der Waals surface area contributed by atoms with Crippen LogP contribution in [0.25, 0.3) is 0 Å². The van der Waals surface area contributed by atoms with E-state index in [9.17, 15) is 26.4 Å². The molecule has 4 aromatic carbocycles. The Morgan fingerprint density at radius 1 is 0.673 bits per heavy atom. The van der Waals surface area contributed by atoms with Gasteiger partial charge in [0, 0.05) is 37.6 Å². The van der Waals surface area contributed by atoms with Gasteiger partial charge in [-0.15, -0.1) is 24.0 Å². The first-order chi connectivity index (χ1) is 24.2. The molecule has 0 aliphatic carbocycles. The third kappa shape index (κ3) is 10.9. The van der Waals surface area contributed by atoms with Crippen molar-refractivity contribution in [3.8, 4) is 11.5 Å². The third-order valence-electron chi connectivity index (χ3n) is 7.49. The zero-order valence-electron chi connectivity index (χ0n) is 29.2. The summed E-state index contributed by atoms with van der Waals surface area (Å²) >= 11 is 5.35. The number of fused-ring (bicyclic) bond motifs is 2. The minimum Gasteiger partial charge on any atom is -0.482 e. The number of benzene rings is 4. The van der Waals surface area contributed by atoms with Gasteiger partial charge in [0.15, 0.2) is 13.2 Å². The Kier molecular flexibility index (Phi) is 15.5. The number of nitrogens with one attached hydrogen (secondary N) is 1. The second kappa shape index (κ2) is 19.1. The molecule has 2 heterocycles. The summed E-state index contributed by atoms with van der Waals surface area (Å²) < 4.78 is 61.1. The first-order valence-corrected chi connectivity index (χ1v) is 19.3. The maximum absolute atomic E-state index is 12.7. The van der Waals surface area contributed by atoms with Crippen molar-refractivity contribution < 1.29 is 35.9 Å². The van der Waals surface area contributed by atoms with Gasteiger partial charge < -0.3 is 29.5 Å². The number of sulfone groups is 2. The quantitative estimate of drug-likeness (QED) is 0.234. The van der Waals surface area contributed by atoms with Gasteiger partial charge in [-0.25, -0.2) is 16.8 Å². The highest BCUT2D eigenvalue weighted by Crippen LogP contribution is 2.36. The summed E-state index contributed by atoms with van der Waals surface area (Å²) in [4.78, 5) is 29.7. The monoisotopic (exact) mass is 792 g/mol. The molecule has 0 bridgehead atoms. The minimum absolute atomic E-state index is 0. The van der Waals surface area contributed by atoms with Crippen molar-refractivity contribution in [2.45, 2.75) is 19.6 Å². The average molecular weight is 794 g/mol. The van der Waals surface area contributed by atoms with E-state index in [1.165, 1.54) is 42.5 Å². The highest BCUT2D eigenvalue weighted by atomic mass is 35.5. The molecule has 0 saturated carbocycles. The summed E-state index contributed by atoms with van der Waals surface area (Å²) in [6.07, 6.45) is 0. The van der Waals surface area contributed by atoms with E-state index in [1.54, 1.807) is 59.5 Å². The Balaban J connectivity index is 0.000000242. The predicted molar refractivity (Wildman–Crippen MR) is 204 cm³/mol. The smallest absolute Gasteiger partial charge is 0.265 e. The minimum atomic E-state index is -3.62. The van der Waals surface area contributed by atoms with Crippen LogP contribution in [0.1, 0.15) is 0 Å². The van der Waals surface area contributed by atoms with Gasteiger partial charge >= 0.3 is 0 Å². The van der Waals surface area contributed by atoms with E-state index in [-0.39, 0.29) is 57.0 Å². The molecule has 280 valence electrons. The zero-order valence-corrected chi connectivity index (χ0v) is 32.4. The van der Waals surface area contributed by atoms with Crippen molar-refractivity contribution >= 4 is 66.9 Å². The third-order valence-corrected chi connectivity index (χ3v) is 11.2. The van der Waals surface area contributed by atoms with E-state index in [2.05, 4.69) is 5.32 Å². The van der Waals surface area contributed by atoms with Crippen LogP contribution in [0.3, 0.4) is 0 Å². The molecule has 52 heavy (non-hydrogen) atoms. The summed E-state index contributed by atoms with van der Waals surface area (Å²) in [7, 11) is 0.669. The predicted octanol–water partition coefficient (Wildman–Crippen LogP) is 4.87. The molecule has 2 aliphatic heterocycles. The van der Waals surface area contributed by atoms with Gasteiger partial charge in [-0.05, 0) is 76.7 Å². The van der Waals surface area contributed by atoms with Crippen LogP contribution in [0.2, 0.25) is 0 Å². The summed E-state index contributed by atoms with van der Waals surface area (Å²) in [5.41, 5.74) is 1.08. The molecule has 0 saturated heterocycles. The summed E-state index contributed by atoms with van der Waals surface area (Å²) in [5.74, 6) is 1.12. The van der Waals surface area contributed by atoms with Crippen molar-refractivity contribution in [3.05, 3.63) is 97.1 Å². The van der Waals surface area contributed by atoms with Crippen LogP contribution >= 0.6 is 24.0 Å². The number of hydrogen-bond acceptors (Lipinski definition) is 10. The van der Waals surface area contributed by atoms with Crippen molar-refractivity contribution in [1.29, 1.82) is 0 Å². The zero-order chi connectivity index (χ0) is 37.2. The number of nitrogens with zero attached hydrogens (tertiary/aromatic N) is 3.